The molecule has 0 heterocycles. The molecule has 3 N–H and O–H groups in total. The van der Waals surface area contributed by atoms with Gasteiger partial charge in [0.1, 0.15) is 5.82 Å². The molecule has 146 valence electrons. The Morgan fingerprint density at radius 2 is 1.63 bits per heavy atom. The maximum Gasteiger partial charge on any atom is 0.414 e. The first-order chi connectivity index (χ1) is 12.9. The van der Waals surface area contributed by atoms with Crippen molar-refractivity contribution in [2.75, 3.05) is 20.8 Å². The Morgan fingerprint density at radius 3 is 2.19 bits per heavy atom. The standard InChI is InChI=1S/C17H20FNO2.C2H2O4/c1-20-16-7-6-14(11-17(16)21-2)12-19-9-8-13-4-3-5-15(18)10-13;3-1(4)2(5)6/h3-7,10-11,19H,8-9,12H2,1-2H3;(H,3,4)(H,5,6). The van der Waals surface area contributed by atoms with E-state index in [0.29, 0.717) is 0 Å². The van der Waals surface area contributed by atoms with Gasteiger partial charge in [-0.05, 0) is 48.4 Å². The number of aliphatic carboxylic acids is 2. The lowest BCUT2D eigenvalue weighted by Gasteiger charge is -2.10. The van der Waals surface area contributed by atoms with Gasteiger partial charge in [-0.15, -0.1) is 0 Å². The summed E-state index contributed by atoms with van der Waals surface area (Å²) in [4.78, 5) is 18.2. The van der Waals surface area contributed by atoms with Crippen LogP contribution in [0.3, 0.4) is 0 Å². The zero-order valence-electron chi connectivity index (χ0n) is 15.1. The lowest BCUT2D eigenvalue weighted by Crippen LogP contribution is -2.16. The molecule has 0 aliphatic rings. The molecule has 0 fully saturated rings. The second kappa shape index (κ2) is 11.5. The number of benzene rings is 2. The molecule has 2 aromatic rings. The van der Waals surface area contributed by atoms with Crippen molar-refractivity contribution in [3.63, 3.8) is 0 Å². The molecule has 0 spiro atoms. The lowest BCUT2D eigenvalue weighted by atomic mass is 10.1. The molecule has 0 saturated heterocycles. The molecule has 0 aliphatic heterocycles. The number of hydrogen-bond acceptors (Lipinski definition) is 5. The first-order valence-electron chi connectivity index (χ1n) is 7.99. The molecule has 0 amide bonds. The van der Waals surface area contributed by atoms with Crippen LogP contribution >= 0.6 is 0 Å². The van der Waals surface area contributed by atoms with Crippen molar-refractivity contribution in [1.29, 1.82) is 0 Å². The van der Waals surface area contributed by atoms with Gasteiger partial charge in [-0.25, -0.2) is 14.0 Å². The molecule has 0 aromatic heterocycles. The van der Waals surface area contributed by atoms with Gasteiger partial charge in [0, 0.05) is 6.54 Å². The highest BCUT2D eigenvalue weighted by Gasteiger charge is 2.05. The Bertz CT molecular complexity index is 754. The van der Waals surface area contributed by atoms with Crippen LogP contribution in [-0.4, -0.2) is 42.9 Å². The Hall–Kier alpha value is -3.13. The van der Waals surface area contributed by atoms with E-state index in [-0.39, 0.29) is 5.82 Å². The number of nitrogens with one attached hydrogen (secondary N) is 1. The van der Waals surface area contributed by atoms with E-state index in [0.717, 1.165) is 42.1 Å². The Labute approximate surface area is 156 Å². The van der Waals surface area contributed by atoms with E-state index < -0.39 is 11.9 Å². The number of rotatable bonds is 7. The summed E-state index contributed by atoms with van der Waals surface area (Å²) < 4.78 is 23.5. The van der Waals surface area contributed by atoms with Crippen LogP contribution in [0.4, 0.5) is 4.39 Å². The fraction of sp³-hybridized carbons (Fsp3) is 0.263. The second-order valence-corrected chi connectivity index (χ2v) is 5.36. The monoisotopic (exact) mass is 379 g/mol. The number of carboxylic acids is 2. The summed E-state index contributed by atoms with van der Waals surface area (Å²) in [6, 6.07) is 12.5. The highest BCUT2D eigenvalue weighted by atomic mass is 19.1. The summed E-state index contributed by atoms with van der Waals surface area (Å²) in [5.41, 5.74) is 2.11. The maximum atomic E-state index is 13.0. The SMILES string of the molecule is COc1ccc(CNCCc2cccc(F)c2)cc1OC.O=C(O)C(=O)O. The van der Waals surface area contributed by atoms with Gasteiger partial charge in [0.25, 0.3) is 0 Å². The fourth-order valence-corrected chi connectivity index (χ4v) is 2.15. The summed E-state index contributed by atoms with van der Waals surface area (Å²) in [5, 5.41) is 18.1. The molecular formula is C19H22FNO6. The van der Waals surface area contributed by atoms with Crippen molar-refractivity contribution >= 4 is 11.9 Å². The van der Waals surface area contributed by atoms with Crippen molar-refractivity contribution in [3.05, 3.63) is 59.4 Å². The van der Waals surface area contributed by atoms with Crippen LogP contribution in [0, 0.1) is 5.82 Å². The summed E-state index contributed by atoms with van der Waals surface area (Å²) >= 11 is 0. The minimum absolute atomic E-state index is 0.188. The molecule has 0 atom stereocenters. The quantitative estimate of drug-likeness (QED) is 0.501. The summed E-state index contributed by atoms with van der Waals surface area (Å²) in [6.45, 7) is 1.52. The van der Waals surface area contributed by atoms with Crippen molar-refractivity contribution in [2.45, 2.75) is 13.0 Å². The predicted octanol–water partition coefficient (Wildman–Crippen LogP) is 2.33. The van der Waals surface area contributed by atoms with Gasteiger partial charge in [0.2, 0.25) is 0 Å². The number of hydrogen-bond donors (Lipinski definition) is 3. The summed E-state index contributed by atoms with van der Waals surface area (Å²) in [5.74, 6) is -2.39. The zero-order chi connectivity index (χ0) is 20.2. The van der Waals surface area contributed by atoms with Crippen LogP contribution in [0.15, 0.2) is 42.5 Å². The number of halogens is 1. The Kier molecular flexibility index (Phi) is 9.32. The van der Waals surface area contributed by atoms with Crippen molar-refractivity contribution < 1.29 is 33.7 Å². The predicted molar refractivity (Wildman–Crippen MR) is 96.6 cm³/mol. The highest BCUT2D eigenvalue weighted by molar-refractivity contribution is 6.27. The zero-order valence-corrected chi connectivity index (χ0v) is 15.1. The third-order valence-corrected chi connectivity index (χ3v) is 3.44. The molecule has 2 rings (SSSR count). The smallest absolute Gasteiger partial charge is 0.414 e. The van der Waals surface area contributed by atoms with E-state index in [9.17, 15) is 4.39 Å². The molecule has 2 aromatic carbocycles. The molecule has 0 unspecified atom stereocenters. The fourth-order valence-electron chi connectivity index (χ4n) is 2.15. The first kappa shape index (κ1) is 21.9. The molecule has 0 aliphatic carbocycles. The van der Waals surface area contributed by atoms with Gasteiger partial charge in [0.05, 0.1) is 14.2 Å². The van der Waals surface area contributed by atoms with Crippen molar-refractivity contribution in [2.24, 2.45) is 0 Å². The van der Waals surface area contributed by atoms with Gasteiger partial charge < -0.3 is 25.0 Å². The van der Waals surface area contributed by atoms with Gasteiger partial charge in [-0.1, -0.05) is 18.2 Å². The third kappa shape index (κ3) is 8.19. The van der Waals surface area contributed by atoms with Gasteiger partial charge >= 0.3 is 11.9 Å². The normalized spacial score (nSPS) is 9.74. The molecule has 0 bridgehead atoms. The van der Waals surface area contributed by atoms with Crippen LogP contribution in [-0.2, 0) is 22.6 Å². The van der Waals surface area contributed by atoms with E-state index >= 15 is 0 Å². The number of carbonyl (C=O) groups is 2. The molecule has 8 heteroatoms. The first-order valence-corrected chi connectivity index (χ1v) is 7.99. The van der Waals surface area contributed by atoms with E-state index in [1.165, 1.54) is 6.07 Å². The topological polar surface area (TPSA) is 105 Å². The van der Waals surface area contributed by atoms with E-state index in [2.05, 4.69) is 5.32 Å². The van der Waals surface area contributed by atoms with Crippen molar-refractivity contribution in [3.8, 4) is 11.5 Å². The van der Waals surface area contributed by atoms with Crippen LogP contribution in [0.1, 0.15) is 11.1 Å². The molecule has 7 nitrogen and oxygen atoms in total. The van der Waals surface area contributed by atoms with Crippen LogP contribution in [0.5, 0.6) is 11.5 Å². The Balaban J connectivity index is 0.000000527. The van der Waals surface area contributed by atoms with Gasteiger partial charge in [-0.3, -0.25) is 0 Å². The largest absolute Gasteiger partial charge is 0.493 e. The van der Waals surface area contributed by atoms with E-state index in [1.807, 2.05) is 24.3 Å². The maximum absolute atomic E-state index is 13.0. The molecule has 0 radical (unpaired) electrons. The highest BCUT2D eigenvalue weighted by Crippen LogP contribution is 2.27. The van der Waals surface area contributed by atoms with E-state index in [1.54, 1.807) is 26.4 Å². The molecular weight excluding hydrogens is 357 g/mol. The number of carboxylic acid groups (broad SMARTS) is 2. The van der Waals surface area contributed by atoms with Gasteiger partial charge in [0.15, 0.2) is 11.5 Å². The third-order valence-electron chi connectivity index (χ3n) is 3.44. The van der Waals surface area contributed by atoms with Crippen LogP contribution in [0.2, 0.25) is 0 Å². The molecule has 27 heavy (non-hydrogen) atoms. The van der Waals surface area contributed by atoms with Crippen LogP contribution < -0.4 is 14.8 Å². The number of ether oxygens (including phenoxy) is 2. The van der Waals surface area contributed by atoms with E-state index in [4.69, 9.17) is 29.3 Å². The number of methoxy groups -OCH3 is 2. The summed E-state index contributed by atoms with van der Waals surface area (Å²) in [7, 11) is 3.24. The van der Waals surface area contributed by atoms with Crippen LogP contribution in [0.25, 0.3) is 0 Å². The average Bonchev–Trinajstić information content (AvgIpc) is 2.65. The Morgan fingerprint density at radius 1 is 0.963 bits per heavy atom. The second-order valence-electron chi connectivity index (χ2n) is 5.36. The molecule has 0 saturated carbocycles. The lowest BCUT2D eigenvalue weighted by molar-refractivity contribution is -0.159. The minimum Gasteiger partial charge on any atom is -0.493 e. The van der Waals surface area contributed by atoms with Gasteiger partial charge in [-0.2, -0.15) is 0 Å². The minimum atomic E-state index is -1.82. The average molecular weight is 379 g/mol. The van der Waals surface area contributed by atoms with Crippen molar-refractivity contribution in [1.82, 2.24) is 5.32 Å². The summed E-state index contributed by atoms with van der Waals surface area (Å²) in [6.07, 6.45) is 0.797.